The fourth-order valence-corrected chi connectivity index (χ4v) is 2.35. The van der Waals surface area contributed by atoms with Crippen LogP contribution in [0.15, 0.2) is 0 Å². The molecule has 0 bridgehead atoms. The zero-order valence-electron chi connectivity index (χ0n) is 9.62. The molecule has 3 nitrogen and oxygen atoms in total. The summed E-state index contributed by atoms with van der Waals surface area (Å²) >= 11 is 0. The molecule has 1 fully saturated rings. The number of methoxy groups -OCH3 is 1. The van der Waals surface area contributed by atoms with Gasteiger partial charge >= 0.3 is 5.97 Å². The fraction of sp³-hybridized carbons (Fsp3) is 0.909. The topological polar surface area (TPSA) is 29.5 Å². The Hall–Kier alpha value is -0.570. The molecule has 1 aliphatic heterocycles. The number of carbonyl (C=O) groups is 1. The van der Waals surface area contributed by atoms with Gasteiger partial charge in [0.15, 0.2) is 0 Å². The molecular formula is C11H21NO2. The highest BCUT2D eigenvalue weighted by atomic mass is 16.5. The predicted molar refractivity (Wildman–Crippen MR) is 56.0 cm³/mol. The molecule has 0 unspecified atom stereocenters. The number of hydrogen-bond acceptors (Lipinski definition) is 3. The molecule has 1 aliphatic rings. The number of nitrogens with zero attached hydrogens (tertiary/aromatic N) is 1. The molecule has 3 atom stereocenters. The highest BCUT2D eigenvalue weighted by Gasteiger charge is 2.28. The average Bonchev–Trinajstić information content (AvgIpc) is 2.14. The van der Waals surface area contributed by atoms with E-state index in [9.17, 15) is 4.79 Å². The van der Waals surface area contributed by atoms with Crippen LogP contribution in [0.2, 0.25) is 0 Å². The summed E-state index contributed by atoms with van der Waals surface area (Å²) in [6.45, 7) is 8.44. The Morgan fingerprint density at radius 2 is 1.86 bits per heavy atom. The third-order valence-electron chi connectivity index (χ3n) is 2.99. The van der Waals surface area contributed by atoms with Gasteiger partial charge in [0, 0.05) is 13.1 Å². The highest BCUT2D eigenvalue weighted by Crippen LogP contribution is 2.22. The Morgan fingerprint density at radius 1 is 1.36 bits per heavy atom. The van der Waals surface area contributed by atoms with E-state index < -0.39 is 0 Å². The lowest BCUT2D eigenvalue weighted by Gasteiger charge is -2.37. The number of esters is 1. The summed E-state index contributed by atoms with van der Waals surface area (Å²) in [5.41, 5.74) is 0. The first-order chi connectivity index (χ1) is 6.54. The Bertz CT molecular complexity index is 195. The summed E-state index contributed by atoms with van der Waals surface area (Å²) in [6, 6.07) is -0.0924. The van der Waals surface area contributed by atoms with E-state index in [1.165, 1.54) is 13.5 Å². The fourth-order valence-electron chi connectivity index (χ4n) is 2.35. The van der Waals surface area contributed by atoms with Crippen LogP contribution in [-0.2, 0) is 9.53 Å². The highest BCUT2D eigenvalue weighted by molar-refractivity contribution is 5.75. The van der Waals surface area contributed by atoms with Gasteiger partial charge in [-0.3, -0.25) is 9.69 Å². The number of piperidine rings is 1. The van der Waals surface area contributed by atoms with Gasteiger partial charge in [0.2, 0.25) is 0 Å². The van der Waals surface area contributed by atoms with Gasteiger partial charge in [-0.2, -0.15) is 0 Å². The minimum atomic E-state index is -0.119. The van der Waals surface area contributed by atoms with Crippen molar-refractivity contribution in [1.82, 2.24) is 4.90 Å². The van der Waals surface area contributed by atoms with E-state index >= 15 is 0 Å². The van der Waals surface area contributed by atoms with E-state index in [4.69, 9.17) is 4.74 Å². The maximum atomic E-state index is 11.4. The molecular weight excluding hydrogens is 178 g/mol. The first-order valence-corrected chi connectivity index (χ1v) is 5.36. The minimum absolute atomic E-state index is 0.0924. The van der Waals surface area contributed by atoms with Gasteiger partial charge in [0.1, 0.15) is 6.04 Å². The molecule has 0 N–H and O–H groups in total. The van der Waals surface area contributed by atoms with Gasteiger partial charge in [-0.1, -0.05) is 13.8 Å². The van der Waals surface area contributed by atoms with Crippen LogP contribution in [0.4, 0.5) is 0 Å². The van der Waals surface area contributed by atoms with Crippen LogP contribution >= 0.6 is 0 Å². The van der Waals surface area contributed by atoms with Crippen LogP contribution in [0, 0.1) is 11.8 Å². The second-order valence-corrected chi connectivity index (χ2v) is 4.60. The van der Waals surface area contributed by atoms with Crippen molar-refractivity contribution in [3.63, 3.8) is 0 Å². The first kappa shape index (κ1) is 11.5. The van der Waals surface area contributed by atoms with E-state index in [1.54, 1.807) is 0 Å². The monoisotopic (exact) mass is 199 g/mol. The summed E-state index contributed by atoms with van der Waals surface area (Å²) in [6.07, 6.45) is 1.27. The van der Waals surface area contributed by atoms with Gasteiger partial charge in [0.05, 0.1) is 7.11 Å². The second-order valence-electron chi connectivity index (χ2n) is 4.60. The summed E-state index contributed by atoms with van der Waals surface area (Å²) in [5, 5.41) is 0. The lowest BCUT2D eigenvalue weighted by atomic mass is 9.91. The Balaban J connectivity index is 2.54. The van der Waals surface area contributed by atoms with Gasteiger partial charge in [0.25, 0.3) is 0 Å². The number of carbonyl (C=O) groups excluding carboxylic acids is 1. The molecule has 0 spiro atoms. The molecule has 1 heterocycles. The van der Waals surface area contributed by atoms with Crippen molar-refractivity contribution >= 4 is 5.97 Å². The molecule has 82 valence electrons. The average molecular weight is 199 g/mol. The molecule has 0 aromatic carbocycles. The Labute approximate surface area is 86.4 Å². The summed E-state index contributed by atoms with van der Waals surface area (Å²) in [7, 11) is 1.45. The van der Waals surface area contributed by atoms with Gasteiger partial charge in [-0.05, 0) is 25.2 Å². The SMILES string of the molecule is COC(=O)[C@H](C)N1C[C@H](C)C[C@@H](C)C1. The summed E-state index contributed by atoms with van der Waals surface area (Å²) in [5.74, 6) is 1.25. The van der Waals surface area contributed by atoms with E-state index in [1.807, 2.05) is 6.92 Å². The summed E-state index contributed by atoms with van der Waals surface area (Å²) < 4.78 is 4.76. The van der Waals surface area contributed by atoms with Crippen molar-refractivity contribution in [1.29, 1.82) is 0 Å². The normalized spacial score (nSPS) is 31.1. The zero-order valence-corrected chi connectivity index (χ0v) is 9.62. The third-order valence-corrected chi connectivity index (χ3v) is 2.99. The minimum Gasteiger partial charge on any atom is -0.468 e. The van der Waals surface area contributed by atoms with Crippen LogP contribution in [-0.4, -0.2) is 37.1 Å². The van der Waals surface area contributed by atoms with Crippen molar-refractivity contribution in [2.75, 3.05) is 20.2 Å². The van der Waals surface area contributed by atoms with Crippen LogP contribution in [0.25, 0.3) is 0 Å². The van der Waals surface area contributed by atoms with Gasteiger partial charge in [-0.15, -0.1) is 0 Å². The number of rotatable bonds is 2. The summed E-state index contributed by atoms with van der Waals surface area (Å²) in [4.78, 5) is 13.6. The van der Waals surface area contributed by atoms with Gasteiger partial charge in [-0.25, -0.2) is 0 Å². The third kappa shape index (κ3) is 2.71. The van der Waals surface area contributed by atoms with Gasteiger partial charge < -0.3 is 4.74 Å². The molecule has 0 saturated carbocycles. The number of hydrogen-bond donors (Lipinski definition) is 0. The lowest BCUT2D eigenvalue weighted by Crippen LogP contribution is -2.47. The van der Waals surface area contributed by atoms with E-state index in [0.29, 0.717) is 11.8 Å². The Kier molecular flexibility index (Phi) is 3.93. The molecule has 1 rings (SSSR count). The Morgan fingerprint density at radius 3 is 2.29 bits per heavy atom. The van der Waals surface area contributed by atoms with E-state index in [0.717, 1.165) is 13.1 Å². The quantitative estimate of drug-likeness (QED) is 0.632. The standard InChI is InChI=1S/C11H21NO2/c1-8-5-9(2)7-12(6-8)10(3)11(13)14-4/h8-10H,5-7H2,1-4H3/t8-,9-,10+/m1/s1. The molecule has 14 heavy (non-hydrogen) atoms. The van der Waals surface area contributed by atoms with Crippen LogP contribution in [0.3, 0.4) is 0 Å². The molecule has 0 aromatic heterocycles. The molecule has 3 heteroatoms. The molecule has 0 aromatic rings. The second kappa shape index (κ2) is 4.78. The van der Waals surface area contributed by atoms with Crippen molar-refractivity contribution in [3.05, 3.63) is 0 Å². The smallest absolute Gasteiger partial charge is 0.322 e. The first-order valence-electron chi connectivity index (χ1n) is 5.36. The number of ether oxygens (including phenoxy) is 1. The van der Waals surface area contributed by atoms with Crippen molar-refractivity contribution in [2.24, 2.45) is 11.8 Å². The largest absolute Gasteiger partial charge is 0.468 e. The molecule has 0 radical (unpaired) electrons. The lowest BCUT2D eigenvalue weighted by molar-refractivity contribution is -0.147. The molecule has 0 amide bonds. The maximum absolute atomic E-state index is 11.4. The van der Waals surface area contributed by atoms with Crippen LogP contribution in [0.5, 0.6) is 0 Å². The van der Waals surface area contributed by atoms with Crippen molar-refractivity contribution in [3.8, 4) is 0 Å². The van der Waals surface area contributed by atoms with E-state index in [2.05, 4.69) is 18.7 Å². The van der Waals surface area contributed by atoms with Crippen molar-refractivity contribution < 1.29 is 9.53 Å². The van der Waals surface area contributed by atoms with Crippen LogP contribution in [0.1, 0.15) is 27.2 Å². The maximum Gasteiger partial charge on any atom is 0.322 e. The van der Waals surface area contributed by atoms with E-state index in [-0.39, 0.29) is 12.0 Å². The predicted octanol–water partition coefficient (Wildman–Crippen LogP) is 1.53. The zero-order chi connectivity index (χ0) is 10.7. The molecule has 1 saturated heterocycles. The van der Waals surface area contributed by atoms with Crippen molar-refractivity contribution in [2.45, 2.75) is 33.2 Å². The van der Waals surface area contributed by atoms with Crippen LogP contribution < -0.4 is 0 Å². The number of likely N-dealkylation sites (tertiary alicyclic amines) is 1. The molecule has 0 aliphatic carbocycles.